The van der Waals surface area contributed by atoms with Gasteiger partial charge in [0.05, 0.1) is 11.4 Å². The summed E-state index contributed by atoms with van der Waals surface area (Å²) in [6.07, 6.45) is 0. The fourth-order valence-electron chi connectivity index (χ4n) is 10.3. The van der Waals surface area contributed by atoms with Crippen LogP contribution in [0.3, 0.4) is 0 Å². The smallest absolute Gasteiger partial charge is 0.159 e. The summed E-state index contributed by atoms with van der Waals surface area (Å²) in [5.74, 6) is 0. The van der Waals surface area contributed by atoms with Gasteiger partial charge in [-0.15, -0.1) is 0 Å². The SMILES string of the molecule is c1ccc(N(c2ccc(N(c3ccccc3)c3cccc4c3oc3c(N(c5ccccc5)c5ccc(N(c6ccccc6)c6ccc7ccccc7c6)cc5)cccc34)cc2)c2ccc3ccccc3c2)cc1. The molecule has 1 aromatic heterocycles. The van der Waals surface area contributed by atoms with Crippen molar-refractivity contribution in [3.8, 4) is 0 Å². The first-order chi connectivity index (χ1) is 36.2. The van der Waals surface area contributed by atoms with Crippen LogP contribution in [0.15, 0.2) is 296 Å². The Labute approximate surface area is 424 Å². The molecule has 0 radical (unpaired) electrons. The van der Waals surface area contributed by atoms with Crippen LogP contribution in [-0.4, -0.2) is 0 Å². The standard InChI is InChI=1S/C68H48N4O/c1-5-23-53(24-6-1)69(61-37-35-49-19-13-15-21-51(49)47-61)57-39-43-59(44-40-57)71(55-27-9-3-10-28-55)65-33-17-31-63-64-32-18-34-66(68(64)73-67(63)65)72(56-29-11-4-12-30-56)60-45-41-58(42-46-60)70(54-25-7-2-8-26-54)62-38-36-50-20-14-16-22-52(50)48-62/h1-48H. The molecule has 5 heteroatoms. The lowest BCUT2D eigenvalue weighted by Gasteiger charge is -2.28. The Morgan fingerprint density at radius 2 is 0.466 bits per heavy atom. The summed E-state index contributed by atoms with van der Waals surface area (Å²) < 4.78 is 7.29. The maximum Gasteiger partial charge on any atom is 0.159 e. The molecular formula is C68H48N4O. The molecule has 0 amide bonds. The summed E-state index contributed by atoms with van der Waals surface area (Å²) in [4.78, 5) is 9.25. The minimum absolute atomic E-state index is 0.803. The van der Waals surface area contributed by atoms with Crippen molar-refractivity contribution in [2.75, 3.05) is 19.6 Å². The first-order valence-electron chi connectivity index (χ1n) is 24.7. The van der Waals surface area contributed by atoms with Gasteiger partial charge in [-0.3, -0.25) is 0 Å². The second-order valence-corrected chi connectivity index (χ2v) is 18.2. The zero-order valence-electron chi connectivity index (χ0n) is 39.9. The van der Waals surface area contributed by atoms with Crippen molar-refractivity contribution in [2.45, 2.75) is 0 Å². The van der Waals surface area contributed by atoms with Gasteiger partial charge in [-0.25, -0.2) is 0 Å². The van der Waals surface area contributed by atoms with Crippen molar-refractivity contribution < 1.29 is 4.42 Å². The van der Waals surface area contributed by atoms with E-state index in [4.69, 9.17) is 4.42 Å². The van der Waals surface area contributed by atoms with E-state index in [0.29, 0.717) is 0 Å². The van der Waals surface area contributed by atoms with Gasteiger partial charge < -0.3 is 24.0 Å². The normalized spacial score (nSPS) is 11.3. The third-order valence-corrected chi connectivity index (χ3v) is 13.7. The van der Waals surface area contributed by atoms with Crippen molar-refractivity contribution in [1.29, 1.82) is 0 Å². The summed E-state index contributed by atoms with van der Waals surface area (Å²) in [6.45, 7) is 0. The Bertz CT molecular complexity index is 3770. The summed E-state index contributed by atoms with van der Waals surface area (Å²) >= 11 is 0. The monoisotopic (exact) mass is 936 g/mol. The van der Waals surface area contributed by atoms with Gasteiger partial charge >= 0.3 is 0 Å². The predicted octanol–water partition coefficient (Wildman–Crippen LogP) is 19.8. The van der Waals surface area contributed by atoms with Crippen LogP contribution >= 0.6 is 0 Å². The largest absolute Gasteiger partial charge is 0.452 e. The predicted molar refractivity (Wildman–Crippen MR) is 307 cm³/mol. The van der Waals surface area contributed by atoms with Gasteiger partial charge in [0.2, 0.25) is 0 Å². The molecule has 73 heavy (non-hydrogen) atoms. The Hall–Kier alpha value is -9.84. The molecule has 13 aromatic rings. The van der Waals surface area contributed by atoms with Crippen molar-refractivity contribution in [3.05, 3.63) is 291 Å². The van der Waals surface area contributed by atoms with Crippen LogP contribution in [-0.2, 0) is 0 Å². The van der Waals surface area contributed by atoms with Gasteiger partial charge in [-0.2, -0.15) is 0 Å². The summed E-state index contributed by atoms with van der Waals surface area (Å²) in [5.41, 5.74) is 14.0. The number of para-hydroxylation sites is 6. The minimum Gasteiger partial charge on any atom is -0.452 e. The molecule has 0 aliphatic heterocycles. The Kier molecular flexibility index (Phi) is 11.1. The van der Waals surface area contributed by atoms with E-state index in [2.05, 4.69) is 311 Å². The first-order valence-corrected chi connectivity index (χ1v) is 24.7. The van der Waals surface area contributed by atoms with Crippen molar-refractivity contribution in [2.24, 2.45) is 0 Å². The molecule has 0 fully saturated rings. The molecule has 0 spiro atoms. The van der Waals surface area contributed by atoms with Gasteiger partial charge in [0.15, 0.2) is 11.2 Å². The van der Waals surface area contributed by atoms with Gasteiger partial charge in [-0.05, 0) is 155 Å². The molecule has 0 atom stereocenters. The van der Waals surface area contributed by atoms with Crippen LogP contribution < -0.4 is 19.6 Å². The average Bonchev–Trinajstić information content (AvgIpc) is 3.86. The lowest BCUT2D eigenvalue weighted by atomic mass is 10.1. The van der Waals surface area contributed by atoms with Crippen LogP contribution in [0.1, 0.15) is 0 Å². The van der Waals surface area contributed by atoms with E-state index in [1.165, 1.54) is 21.5 Å². The number of nitrogens with zero attached hydrogens (tertiary/aromatic N) is 4. The molecule has 1 heterocycles. The van der Waals surface area contributed by atoms with Crippen LogP contribution in [0.25, 0.3) is 43.5 Å². The number of fused-ring (bicyclic) bond motifs is 5. The fraction of sp³-hybridized carbons (Fsp3) is 0. The van der Waals surface area contributed by atoms with E-state index >= 15 is 0 Å². The van der Waals surface area contributed by atoms with Gasteiger partial charge in [0.1, 0.15) is 0 Å². The van der Waals surface area contributed by atoms with E-state index in [1.54, 1.807) is 0 Å². The molecule has 12 aromatic carbocycles. The highest BCUT2D eigenvalue weighted by atomic mass is 16.3. The molecule has 0 saturated carbocycles. The number of hydrogen-bond donors (Lipinski definition) is 0. The molecule has 0 saturated heterocycles. The second kappa shape index (κ2) is 18.8. The maximum absolute atomic E-state index is 7.29. The van der Waals surface area contributed by atoms with E-state index in [-0.39, 0.29) is 0 Å². The highest BCUT2D eigenvalue weighted by molar-refractivity contribution is 6.14. The molecular weight excluding hydrogens is 889 g/mol. The molecule has 0 aliphatic carbocycles. The first kappa shape index (κ1) is 43.2. The highest BCUT2D eigenvalue weighted by Gasteiger charge is 2.24. The van der Waals surface area contributed by atoms with Crippen LogP contribution in [0.4, 0.5) is 68.2 Å². The molecule has 0 unspecified atom stereocenters. The Morgan fingerprint density at radius 3 is 0.822 bits per heavy atom. The second-order valence-electron chi connectivity index (χ2n) is 18.2. The van der Waals surface area contributed by atoms with Crippen LogP contribution in [0, 0.1) is 0 Å². The lowest BCUT2D eigenvalue weighted by molar-refractivity contribution is 0.669. The zero-order chi connectivity index (χ0) is 48.5. The molecule has 5 nitrogen and oxygen atoms in total. The number of rotatable bonds is 12. The van der Waals surface area contributed by atoms with Crippen molar-refractivity contribution in [3.63, 3.8) is 0 Å². The number of benzene rings is 12. The van der Waals surface area contributed by atoms with Gasteiger partial charge in [0, 0.05) is 67.6 Å². The highest BCUT2D eigenvalue weighted by Crippen LogP contribution is 2.48. The van der Waals surface area contributed by atoms with Gasteiger partial charge in [0.25, 0.3) is 0 Å². The van der Waals surface area contributed by atoms with Gasteiger partial charge in [-0.1, -0.05) is 158 Å². The Morgan fingerprint density at radius 1 is 0.192 bits per heavy atom. The van der Waals surface area contributed by atoms with E-state index in [9.17, 15) is 0 Å². The fourth-order valence-corrected chi connectivity index (χ4v) is 10.3. The molecule has 346 valence electrons. The lowest BCUT2D eigenvalue weighted by Crippen LogP contribution is -2.12. The number of hydrogen-bond acceptors (Lipinski definition) is 5. The summed E-state index contributed by atoms with van der Waals surface area (Å²) in [6, 6.07) is 103. The van der Waals surface area contributed by atoms with Crippen LogP contribution in [0.2, 0.25) is 0 Å². The molecule has 0 N–H and O–H groups in total. The Balaban J connectivity index is 0.914. The summed E-state index contributed by atoms with van der Waals surface area (Å²) in [7, 11) is 0. The third-order valence-electron chi connectivity index (χ3n) is 13.7. The quantitative estimate of drug-likeness (QED) is 0.122. The van der Waals surface area contributed by atoms with E-state index < -0.39 is 0 Å². The number of furan rings is 1. The van der Waals surface area contributed by atoms with E-state index in [1.807, 2.05) is 0 Å². The molecule has 0 bridgehead atoms. The molecule has 13 rings (SSSR count). The van der Waals surface area contributed by atoms with Crippen LogP contribution in [0.5, 0.6) is 0 Å². The van der Waals surface area contributed by atoms with Crippen molar-refractivity contribution >= 4 is 112 Å². The maximum atomic E-state index is 7.29. The van der Waals surface area contributed by atoms with E-state index in [0.717, 1.165) is 90.2 Å². The zero-order valence-corrected chi connectivity index (χ0v) is 39.9. The van der Waals surface area contributed by atoms with Crippen molar-refractivity contribution in [1.82, 2.24) is 0 Å². The molecule has 0 aliphatic rings. The summed E-state index contributed by atoms with van der Waals surface area (Å²) in [5, 5.41) is 6.90. The average molecular weight is 937 g/mol. The third kappa shape index (κ3) is 8.15. The number of anilines is 12. The minimum atomic E-state index is 0.803. The topological polar surface area (TPSA) is 26.1 Å².